The molecule has 7 nitrogen and oxygen atoms in total. The average Bonchev–Trinajstić information content (AvgIpc) is 2.48. The Labute approximate surface area is 134 Å². The minimum absolute atomic E-state index is 0.0151. The van der Waals surface area contributed by atoms with Gasteiger partial charge in [-0.15, -0.1) is 0 Å². The largest absolute Gasteiger partial charge is 0.465 e. The third-order valence-corrected chi connectivity index (χ3v) is 4.72. The van der Waals surface area contributed by atoms with Crippen LogP contribution in [0, 0.1) is 0 Å². The van der Waals surface area contributed by atoms with Crippen LogP contribution in [-0.4, -0.2) is 59.1 Å². The number of benzene rings is 1. The highest BCUT2D eigenvalue weighted by Gasteiger charge is 2.24. The molecule has 0 spiro atoms. The summed E-state index contributed by atoms with van der Waals surface area (Å²) in [5.74, 6) is -0.630. The van der Waals surface area contributed by atoms with Gasteiger partial charge in [0.1, 0.15) is 0 Å². The van der Waals surface area contributed by atoms with Gasteiger partial charge in [0.15, 0.2) is 9.84 Å². The van der Waals surface area contributed by atoms with Gasteiger partial charge in [0, 0.05) is 19.3 Å². The van der Waals surface area contributed by atoms with Crippen LogP contribution >= 0.6 is 11.6 Å². The van der Waals surface area contributed by atoms with E-state index >= 15 is 0 Å². The Morgan fingerprint density at radius 1 is 1.36 bits per heavy atom. The minimum atomic E-state index is -3.51. The second-order valence-electron chi connectivity index (χ2n) is 4.78. The maximum Gasteiger partial charge on any atom is 0.339 e. The fraction of sp³-hybridized carbons (Fsp3) is 0.462. The molecule has 0 aliphatic carbocycles. The Kier molecular flexibility index (Phi) is 5.28. The number of methoxy groups -OCH3 is 1. The molecule has 0 saturated carbocycles. The molecule has 1 N–H and O–H groups in total. The zero-order valence-electron chi connectivity index (χ0n) is 12.3. The number of carbonyl (C=O) groups is 1. The van der Waals surface area contributed by atoms with Crippen molar-refractivity contribution in [2.45, 2.75) is 4.90 Å². The number of carbonyl (C=O) groups excluding carboxylic acids is 1. The number of nitrogens with one attached hydrogen (secondary N) is 1. The third-order valence-electron chi connectivity index (χ3n) is 3.19. The zero-order valence-corrected chi connectivity index (χ0v) is 13.8. The van der Waals surface area contributed by atoms with Crippen molar-refractivity contribution in [2.24, 2.45) is 0 Å². The van der Waals surface area contributed by atoms with Gasteiger partial charge in [0.25, 0.3) is 0 Å². The Morgan fingerprint density at radius 2 is 2.00 bits per heavy atom. The zero-order chi connectivity index (χ0) is 16.3. The van der Waals surface area contributed by atoms with Crippen LogP contribution in [0.4, 0.5) is 5.69 Å². The van der Waals surface area contributed by atoms with Gasteiger partial charge in [-0.25, -0.2) is 18.2 Å². The summed E-state index contributed by atoms with van der Waals surface area (Å²) < 4.78 is 33.8. The third kappa shape index (κ3) is 3.70. The van der Waals surface area contributed by atoms with E-state index in [9.17, 15) is 13.2 Å². The van der Waals surface area contributed by atoms with E-state index in [-0.39, 0.29) is 21.2 Å². The first-order valence-corrected chi connectivity index (χ1v) is 8.81. The summed E-state index contributed by atoms with van der Waals surface area (Å²) in [7, 11) is -2.28. The van der Waals surface area contributed by atoms with Crippen molar-refractivity contribution in [3.8, 4) is 0 Å². The Bertz CT molecular complexity index is 671. The van der Waals surface area contributed by atoms with Crippen molar-refractivity contribution in [1.29, 1.82) is 0 Å². The molecule has 1 heterocycles. The van der Waals surface area contributed by atoms with Crippen LogP contribution in [0.1, 0.15) is 10.4 Å². The second kappa shape index (κ2) is 6.82. The molecule has 22 heavy (non-hydrogen) atoms. The van der Waals surface area contributed by atoms with Gasteiger partial charge in [-0.1, -0.05) is 11.6 Å². The van der Waals surface area contributed by atoms with E-state index in [1.807, 2.05) is 0 Å². The van der Waals surface area contributed by atoms with Gasteiger partial charge in [-0.2, -0.15) is 0 Å². The van der Waals surface area contributed by atoms with Crippen LogP contribution in [0.25, 0.3) is 0 Å². The second-order valence-corrected chi connectivity index (χ2v) is 7.14. The summed E-state index contributed by atoms with van der Waals surface area (Å²) in [4.78, 5) is 11.7. The molecule has 0 aromatic heterocycles. The number of halogens is 1. The van der Waals surface area contributed by atoms with Crippen LogP contribution in [0.5, 0.6) is 0 Å². The highest BCUT2D eigenvalue weighted by atomic mass is 35.5. The molecule has 1 aliphatic rings. The number of rotatable bonds is 4. The molecule has 9 heteroatoms. The average molecular weight is 349 g/mol. The number of hydrazine groups is 1. The standard InChI is InChI=1S/C13H17ClN2O5S/c1-20-13(17)9-3-4-10(22(2,18)19)12(11(9)14)15-16-5-7-21-8-6-16/h3-4,15H,5-8H2,1-2H3. The quantitative estimate of drug-likeness (QED) is 0.818. The first kappa shape index (κ1) is 17.0. The van der Waals surface area contributed by atoms with Gasteiger partial charge in [-0.3, -0.25) is 0 Å². The number of sulfone groups is 1. The van der Waals surface area contributed by atoms with E-state index in [0.29, 0.717) is 26.3 Å². The highest BCUT2D eigenvalue weighted by Crippen LogP contribution is 2.33. The molecule has 2 rings (SSSR count). The maximum atomic E-state index is 11.9. The Balaban J connectivity index is 2.47. The van der Waals surface area contributed by atoms with Crippen LogP contribution < -0.4 is 5.43 Å². The number of ether oxygens (including phenoxy) is 2. The number of hydrogen-bond donors (Lipinski definition) is 1. The molecule has 1 fully saturated rings. The first-order chi connectivity index (χ1) is 10.3. The van der Waals surface area contributed by atoms with Crippen molar-refractivity contribution < 1.29 is 22.7 Å². The van der Waals surface area contributed by atoms with Crippen molar-refractivity contribution in [3.63, 3.8) is 0 Å². The molecule has 1 aromatic carbocycles. The van der Waals surface area contributed by atoms with Gasteiger partial charge in [0.05, 0.1) is 41.5 Å². The summed E-state index contributed by atoms with van der Waals surface area (Å²) in [6.45, 7) is 2.19. The normalized spacial score (nSPS) is 16.3. The van der Waals surface area contributed by atoms with E-state index in [0.717, 1.165) is 6.26 Å². The highest BCUT2D eigenvalue weighted by molar-refractivity contribution is 7.90. The number of esters is 1. The predicted molar refractivity (Wildman–Crippen MR) is 81.9 cm³/mol. The van der Waals surface area contributed by atoms with Crippen LogP contribution in [0.15, 0.2) is 17.0 Å². The predicted octanol–water partition coefficient (Wildman–Crippen LogP) is 1.19. The fourth-order valence-corrected chi connectivity index (χ4v) is 3.25. The molecule has 0 unspecified atom stereocenters. The molecule has 1 aliphatic heterocycles. The summed E-state index contributed by atoms with van der Waals surface area (Å²) in [5, 5.41) is 1.81. The number of hydrogen-bond acceptors (Lipinski definition) is 7. The lowest BCUT2D eigenvalue weighted by Gasteiger charge is -2.29. The van der Waals surface area contributed by atoms with Crippen molar-refractivity contribution in [1.82, 2.24) is 5.01 Å². The van der Waals surface area contributed by atoms with E-state index in [4.69, 9.17) is 16.3 Å². The topological polar surface area (TPSA) is 84.9 Å². The number of morpholine rings is 1. The molecule has 0 atom stereocenters. The van der Waals surface area contributed by atoms with Gasteiger partial charge in [0.2, 0.25) is 0 Å². The fourth-order valence-electron chi connectivity index (χ4n) is 2.07. The Hall–Kier alpha value is -1.35. The van der Waals surface area contributed by atoms with Crippen LogP contribution in [-0.2, 0) is 19.3 Å². The molecule has 1 aromatic rings. The molecule has 1 saturated heterocycles. The number of nitrogens with zero attached hydrogens (tertiary/aromatic N) is 1. The molecular formula is C13H17ClN2O5S. The lowest BCUT2D eigenvalue weighted by molar-refractivity contribution is 0.0495. The molecule has 122 valence electrons. The monoisotopic (exact) mass is 348 g/mol. The van der Waals surface area contributed by atoms with Crippen LogP contribution in [0.3, 0.4) is 0 Å². The lowest BCUT2D eigenvalue weighted by Crippen LogP contribution is -2.40. The number of anilines is 1. The molecule has 0 amide bonds. The molecule has 0 bridgehead atoms. The van der Waals surface area contributed by atoms with Crippen molar-refractivity contribution in [3.05, 3.63) is 22.7 Å². The van der Waals surface area contributed by atoms with E-state index in [2.05, 4.69) is 10.2 Å². The SMILES string of the molecule is COC(=O)c1ccc(S(C)(=O)=O)c(NN2CCOCC2)c1Cl. The maximum absolute atomic E-state index is 11.9. The summed E-state index contributed by atoms with van der Waals surface area (Å²) in [6.07, 6.45) is 1.08. The van der Waals surface area contributed by atoms with Crippen molar-refractivity contribution >= 4 is 33.1 Å². The minimum Gasteiger partial charge on any atom is -0.465 e. The van der Waals surface area contributed by atoms with Crippen LogP contribution in [0.2, 0.25) is 5.02 Å². The van der Waals surface area contributed by atoms with Gasteiger partial charge in [-0.05, 0) is 12.1 Å². The van der Waals surface area contributed by atoms with E-state index in [1.54, 1.807) is 5.01 Å². The summed E-state index contributed by atoms with van der Waals surface area (Å²) >= 11 is 6.23. The smallest absolute Gasteiger partial charge is 0.339 e. The van der Waals surface area contributed by atoms with Crippen molar-refractivity contribution in [2.75, 3.05) is 45.1 Å². The van der Waals surface area contributed by atoms with E-state index in [1.165, 1.54) is 19.2 Å². The van der Waals surface area contributed by atoms with E-state index < -0.39 is 15.8 Å². The lowest BCUT2D eigenvalue weighted by atomic mass is 10.2. The molecule has 0 radical (unpaired) electrons. The summed E-state index contributed by atoms with van der Waals surface area (Å²) in [5.41, 5.74) is 3.26. The summed E-state index contributed by atoms with van der Waals surface area (Å²) in [6, 6.07) is 2.69. The van der Waals surface area contributed by atoms with Gasteiger partial charge >= 0.3 is 5.97 Å². The first-order valence-electron chi connectivity index (χ1n) is 6.55. The Morgan fingerprint density at radius 3 is 2.55 bits per heavy atom. The molecular weight excluding hydrogens is 332 g/mol. The van der Waals surface area contributed by atoms with Gasteiger partial charge < -0.3 is 14.9 Å².